The zero-order valence-corrected chi connectivity index (χ0v) is 13.3. The molecule has 0 amide bonds. The predicted octanol–water partition coefficient (Wildman–Crippen LogP) is 3.49. The van der Waals surface area contributed by atoms with E-state index in [0.717, 1.165) is 42.3 Å². The number of rotatable bonds is 5. The first-order chi connectivity index (χ1) is 11.9. The Hall–Kier alpha value is -2.66. The highest BCUT2D eigenvalue weighted by Crippen LogP contribution is 2.28. The van der Waals surface area contributed by atoms with Gasteiger partial charge in [-0.3, -0.25) is 9.55 Å². The van der Waals surface area contributed by atoms with Crippen LogP contribution >= 0.6 is 0 Å². The Morgan fingerprint density at radius 2 is 2.00 bits per heavy atom. The molecule has 1 aromatic carbocycles. The molecule has 0 unspecified atom stereocenters. The monoisotopic (exact) mass is 321 g/mol. The van der Waals surface area contributed by atoms with Gasteiger partial charge in [-0.2, -0.15) is 0 Å². The molecule has 24 heavy (non-hydrogen) atoms. The predicted molar refractivity (Wildman–Crippen MR) is 91.3 cm³/mol. The van der Waals surface area contributed by atoms with E-state index in [-0.39, 0.29) is 6.10 Å². The molecule has 3 heterocycles. The number of ether oxygens (including phenoxy) is 2. The number of hydrogen-bond donors (Lipinski definition) is 0. The molecule has 0 aliphatic carbocycles. The topological polar surface area (TPSA) is 49.2 Å². The quantitative estimate of drug-likeness (QED) is 0.722. The Morgan fingerprint density at radius 3 is 2.83 bits per heavy atom. The summed E-state index contributed by atoms with van der Waals surface area (Å²) in [7, 11) is 0. The minimum absolute atomic E-state index is 0.195. The van der Waals surface area contributed by atoms with E-state index in [9.17, 15) is 0 Å². The van der Waals surface area contributed by atoms with Gasteiger partial charge in [0.2, 0.25) is 0 Å². The molecule has 0 radical (unpaired) electrons. The standard InChI is InChI=1S/C19H19N3O2/c1-2-6-18(24-14-16-4-3-13-23-16)17(5-1)22-12-11-21-19(22)15-7-9-20-10-8-15/h1-2,5-12,16H,3-4,13-14H2/t16-/m0/s1. The summed E-state index contributed by atoms with van der Waals surface area (Å²) in [6.45, 7) is 1.42. The van der Waals surface area contributed by atoms with E-state index in [1.807, 2.05) is 47.2 Å². The normalized spacial score (nSPS) is 17.1. The van der Waals surface area contributed by atoms with Crippen molar-refractivity contribution in [3.63, 3.8) is 0 Å². The summed E-state index contributed by atoms with van der Waals surface area (Å²) >= 11 is 0. The fourth-order valence-corrected chi connectivity index (χ4v) is 2.95. The summed E-state index contributed by atoms with van der Waals surface area (Å²) in [5, 5.41) is 0. The van der Waals surface area contributed by atoms with Crippen LogP contribution < -0.4 is 4.74 Å². The third-order valence-electron chi connectivity index (χ3n) is 4.15. The first kappa shape index (κ1) is 14.9. The molecule has 1 saturated heterocycles. The molecule has 122 valence electrons. The van der Waals surface area contributed by atoms with E-state index in [0.29, 0.717) is 6.61 Å². The van der Waals surface area contributed by atoms with Gasteiger partial charge >= 0.3 is 0 Å². The molecule has 1 atom stereocenters. The van der Waals surface area contributed by atoms with Gasteiger partial charge in [0.05, 0.1) is 11.8 Å². The zero-order chi connectivity index (χ0) is 16.2. The highest BCUT2D eigenvalue weighted by atomic mass is 16.5. The number of hydrogen-bond acceptors (Lipinski definition) is 4. The molecule has 2 aromatic heterocycles. The lowest BCUT2D eigenvalue weighted by Gasteiger charge is -2.16. The van der Waals surface area contributed by atoms with Gasteiger partial charge in [0.1, 0.15) is 18.2 Å². The van der Waals surface area contributed by atoms with E-state index in [1.54, 1.807) is 18.6 Å². The van der Waals surface area contributed by atoms with Crippen molar-refractivity contribution in [2.24, 2.45) is 0 Å². The molecule has 0 bridgehead atoms. The van der Waals surface area contributed by atoms with E-state index < -0.39 is 0 Å². The van der Waals surface area contributed by atoms with Crippen molar-refractivity contribution in [3.05, 3.63) is 61.2 Å². The van der Waals surface area contributed by atoms with Crippen LogP contribution in [0, 0.1) is 0 Å². The summed E-state index contributed by atoms with van der Waals surface area (Å²) in [5.74, 6) is 1.70. The minimum Gasteiger partial charge on any atom is -0.489 e. The van der Waals surface area contributed by atoms with Crippen molar-refractivity contribution in [2.75, 3.05) is 13.2 Å². The summed E-state index contributed by atoms with van der Waals surface area (Å²) in [6.07, 6.45) is 9.67. The van der Waals surface area contributed by atoms with Crippen LogP contribution in [0.25, 0.3) is 17.1 Å². The number of aromatic nitrogens is 3. The molecule has 0 N–H and O–H groups in total. The second-order valence-corrected chi connectivity index (χ2v) is 5.77. The number of pyridine rings is 1. The fourth-order valence-electron chi connectivity index (χ4n) is 2.95. The van der Waals surface area contributed by atoms with Crippen molar-refractivity contribution in [3.8, 4) is 22.8 Å². The van der Waals surface area contributed by atoms with Crippen molar-refractivity contribution >= 4 is 0 Å². The summed E-state index contributed by atoms with van der Waals surface area (Å²) in [5.41, 5.74) is 1.99. The Kier molecular flexibility index (Phi) is 4.25. The maximum absolute atomic E-state index is 6.05. The first-order valence-electron chi connectivity index (χ1n) is 8.19. The Balaban J connectivity index is 1.64. The zero-order valence-electron chi connectivity index (χ0n) is 13.3. The van der Waals surface area contributed by atoms with Crippen LogP contribution in [-0.4, -0.2) is 33.9 Å². The molecule has 5 heteroatoms. The number of imidazole rings is 1. The summed E-state index contributed by atoms with van der Waals surface area (Å²) in [6, 6.07) is 11.9. The van der Waals surface area contributed by atoms with Crippen LogP contribution in [0.5, 0.6) is 5.75 Å². The fraction of sp³-hybridized carbons (Fsp3) is 0.263. The average molecular weight is 321 g/mol. The molecular weight excluding hydrogens is 302 g/mol. The number of nitrogens with zero attached hydrogens (tertiary/aromatic N) is 3. The maximum atomic E-state index is 6.05. The van der Waals surface area contributed by atoms with E-state index in [4.69, 9.17) is 9.47 Å². The maximum Gasteiger partial charge on any atom is 0.144 e. The molecule has 5 nitrogen and oxygen atoms in total. The second kappa shape index (κ2) is 6.84. The van der Waals surface area contributed by atoms with E-state index >= 15 is 0 Å². The largest absolute Gasteiger partial charge is 0.489 e. The van der Waals surface area contributed by atoms with Gasteiger partial charge in [0, 0.05) is 37.0 Å². The van der Waals surface area contributed by atoms with Gasteiger partial charge in [-0.05, 0) is 37.1 Å². The lowest BCUT2D eigenvalue weighted by atomic mass is 10.2. The van der Waals surface area contributed by atoms with Crippen LogP contribution in [0.2, 0.25) is 0 Å². The SMILES string of the molecule is c1ccc(-n2ccnc2-c2ccncc2)c(OC[C@@H]2CCCO2)c1. The third-order valence-corrected chi connectivity index (χ3v) is 4.15. The van der Waals surface area contributed by atoms with Gasteiger partial charge in [0.25, 0.3) is 0 Å². The van der Waals surface area contributed by atoms with Gasteiger partial charge in [-0.15, -0.1) is 0 Å². The highest BCUT2D eigenvalue weighted by molar-refractivity contribution is 5.60. The van der Waals surface area contributed by atoms with Crippen molar-refractivity contribution in [2.45, 2.75) is 18.9 Å². The van der Waals surface area contributed by atoms with Crippen LogP contribution in [0.1, 0.15) is 12.8 Å². The molecule has 0 saturated carbocycles. The van der Waals surface area contributed by atoms with Crippen molar-refractivity contribution in [1.82, 2.24) is 14.5 Å². The molecule has 0 spiro atoms. The van der Waals surface area contributed by atoms with Gasteiger partial charge in [0.15, 0.2) is 0 Å². The lowest BCUT2D eigenvalue weighted by Crippen LogP contribution is -2.17. The summed E-state index contributed by atoms with van der Waals surface area (Å²) < 4.78 is 13.7. The van der Waals surface area contributed by atoms with Crippen LogP contribution in [0.4, 0.5) is 0 Å². The lowest BCUT2D eigenvalue weighted by molar-refractivity contribution is 0.0679. The highest BCUT2D eigenvalue weighted by Gasteiger charge is 2.17. The van der Waals surface area contributed by atoms with Gasteiger partial charge in [-0.25, -0.2) is 4.98 Å². The van der Waals surface area contributed by atoms with Crippen LogP contribution in [0.3, 0.4) is 0 Å². The first-order valence-corrected chi connectivity index (χ1v) is 8.19. The van der Waals surface area contributed by atoms with E-state index in [1.165, 1.54) is 0 Å². The Morgan fingerprint density at radius 1 is 1.12 bits per heavy atom. The Bertz CT molecular complexity index is 795. The average Bonchev–Trinajstić information content (AvgIpc) is 3.33. The molecule has 1 fully saturated rings. The number of para-hydroxylation sites is 2. The number of benzene rings is 1. The molecule has 1 aliphatic rings. The molecule has 3 aromatic rings. The van der Waals surface area contributed by atoms with Gasteiger partial charge in [-0.1, -0.05) is 12.1 Å². The van der Waals surface area contributed by atoms with Crippen molar-refractivity contribution in [1.29, 1.82) is 0 Å². The molecule has 1 aliphatic heterocycles. The smallest absolute Gasteiger partial charge is 0.144 e. The molecular formula is C19H19N3O2. The third kappa shape index (κ3) is 3.03. The summed E-state index contributed by atoms with van der Waals surface area (Å²) in [4.78, 5) is 8.57. The second-order valence-electron chi connectivity index (χ2n) is 5.77. The van der Waals surface area contributed by atoms with E-state index in [2.05, 4.69) is 9.97 Å². The Labute approximate surface area is 140 Å². The van der Waals surface area contributed by atoms with Gasteiger partial charge < -0.3 is 9.47 Å². The van der Waals surface area contributed by atoms with Crippen LogP contribution in [-0.2, 0) is 4.74 Å². The van der Waals surface area contributed by atoms with Crippen LogP contribution in [0.15, 0.2) is 61.2 Å². The minimum atomic E-state index is 0.195. The van der Waals surface area contributed by atoms with Crippen molar-refractivity contribution < 1.29 is 9.47 Å². The molecule has 4 rings (SSSR count).